The summed E-state index contributed by atoms with van der Waals surface area (Å²) in [5.74, 6) is -1.04. The van der Waals surface area contributed by atoms with Crippen molar-refractivity contribution >= 4 is 11.9 Å². The molecule has 0 aromatic heterocycles. The Morgan fingerprint density at radius 2 is 1.77 bits per heavy atom. The molecule has 0 radical (unpaired) electrons. The average molecular weight is 487 g/mol. The highest BCUT2D eigenvalue weighted by Crippen LogP contribution is 2.32. The number of rotatable bonds is 9. The molecule has 2 aliphatic heterocycles. The fourth-order valence-corrected chi connectivity index (χ4v) is 5.76. The lowest BCUT2D eigenvalue weighted by Crippen LogP contribution is -2.54. The average Bonchev–Trinajstić information content (AvgIpc) is 3.15. The van der Waals surface area contributed by atoms with Crippen LogP contribution in [0.5, 0.6) is 5.75 Å². The predicted octanol–water partition coefficient (Wildman–Crippen LogP) is 4.18. The summed E-state index contributed by atoms with van der Waals surface area (Å²) in [6.07, 6.45) is 7.91. The van der Waals surface area contributed by atoms with Crippen LogP contribution in [-0.4, -0.2) is 72.4 Å². The van der Waals surface area contributed by atoms with Gasteiger partial charge in [0.1, 0.15) is 5.75 Å². The van der Waals surface area contributed by atoms with Crippen molar-refractivity contribution < 1.29 is 23.8 Å². The molecular formula is C28H42N2O5. The molecule has 2 saturated heterocycles. The third-order valence-corrected chi connectivity index (χ3v) is 7.60. The van der Waals surface area contributed by atoms with E-state index in [4.69, 9.17) is 14.2 Å². The highest BCUT2D eigenvalue weighted by molar-refractivity contribution is 5.87. The topological polar surface area (TPSA) is 68.3 Å². The van der Waals surface area contributed by atoms with Crippen LogP contribution in [0.3, 0.4) is 0 Å². The molecule has 1 aromatic carbocycles. The van der Waals surface area contributed by atoms with Crippen LogP contribution in [0.4, 0.5) is 0 Å². The number of esters is 1. The molecule has 2 heterocycles. The number of hydrogen-bond acceptors (Lipinski definition) is 6. The van der Waals surface area contributed by atoms with Crippen LogP contribution >= 0.6 is 0 Å². The molecule has 1 saturated carbocycles. The highest BCUT2D eigenvalue weighted by atomic mass is 16.8. The molecule has 1 aliphatic carbocycles. The lowest BCUT2D eigenvalue weighted by atomic mass is 9.92. The molecule has 0 bridgehead atoms. The minimum atomic E-state index is -0.991. The number of aryl methyl sites for hydroxylation is 1. The number of piperazine rings is 1. The Kier molecular flexibility index (Phi) is 8.71. The SMILES string of the molecule is CCOc1ccc(CCC[C@@H](C(=O)N2CCN(C3CCCCC3)CC2)[C@@H]2OC(C)(C)OC2=O)cc1. The van der Waals surface area contributed by atoms with Gasteiger partial charge in [0.25, 0.3) is 0 Å². The molecule has 0 spiro atoms. The van der Waals surface area contributed by atoms with Crippen LogP contribution in [0.2, 0.25) is 0 Å². The molecule has 7 nitrogen and oxygen atoms in total. The van der Waals surface area contributed by atoms with E-state index in [-0.39, 0.29) is 5.91 Å². The first kappa shape index (κ1) is 26.0. The third-order valence-electron chi connectivity index (χ3n) is 7.60. The van der Waals surface area contributed by atoms with Crippen molar-refractivity contribution in [1.29, 1.82) is 0 Å². The zero-order valence-corrected chi connectivity index (χ0v) is 21.7. The van der Waals surface area contributed by atoms with E-state index in [0.717, 1.165) is 44.8 Å². The number of ether oxygens (including phenoxy) is 3. The summed E-state index contributed by atoms with van der Waals surface area (Å²) in [4.78, 5) is 30.9. The molecule has 1 amide bonds. The van der Waals surface area contributed by atoms with Crippen molar-refractivity contribution in [2.24, 2.45) is 5.92 Å². The Bertz CT molecular complexity index is 841. The van der Waals surface area contributed by atoms with Gasteiger partial charge >= 0.3 is 5.97 Å². The van der Waals surface area contributed by atoms with Gasteiger partial charge in [0.15, 0.2) is 6.10 Å². The van der Waals surface area contributed by atoms with Gasteiger partial charge in [-0.05, 0) is 56.7 Å². The molecule has 1 aromatic rings. The predicted molar refractivity (Wildman–Crippen MR) is 134 cm³/mol. The zero-order valence-electron chi connectivity index (χ0n) is 21.7. The van der Waals surface area contributed by atoms with Crippen LogP contribution in [0.15, 0.2) is 24.3 Å². The molecule has 194 valence electrons. The summed E-state index contributed by atoms with van der Waals surface area (Å²) in [6.45, 7) is 9.34. The number of nitrogens with zero attached hydrogens (tertiary/aromatic N) is 2. The van der Waals surface area contributed by atoms with E-state index in [0.29, 0.717) is 19.1 Å². The van der Waals surface area contributed by atoms with E-state index in [1.165, 1.54) is 37.7 Å². The molecule has 4 rings (SSSR count). The van der Waals surface area contributed by atoms with Crippen LogP contribution in [0.25, 0.3) is 0 Å². The van der Waals surface area contributed by atoms with E-state index < -0.39 is 23.8 Å². The molecular weight excluding hydrogens is 444 g/mol. The smallest absolute Gasteiger partial charge is 0.338 e. The van der Waals surface area contributed by atoms with Gasteiger partial charge < -0.3 is 19.1 Å². The van der Waals surface area contributed by atoms with E-state index in [9.17, 15) is 9.59 Å². The molecule has 0 N–H and O–H groups in total. The summed E-state index contributed by atoms with van der Waals surface area (Å²) in [6, 6.07) is 8.76. The Labute approximate surface area is 210 Å². The first-order valence-electron chi connectivity index (χ1n) is 13.5. The molecule has 2 atom stereocenters. The van der Waals surface area contributed by atoms with Crippen molar-refractivity contribution in [3.8, 4) is 5.75 Å². The monoisotopic (exact) mass is 486 g/mol. The Morgan fingerprint density at radius 1 is 1.09 bits per heavy atom. The summed E-state index contributed by atoms with van der Waals surface area (Å²) in [7, 11) is 0. The Morgan fingerprint density at radius 3 is 2.37 bits per heavy atom. The van der Waals surface area contributed by atoms with Crippen LogP contribution in [0.1, 0.15) is 71.3 Å². The van der Waals surface area contributed by atoms with Crippen molar-refractivity contribution in [3.05, 3.63) is 29.8 Å². The number of carbonyl (C=O) groups is 2. The normalized spacial score (nSPS) is 24.3. The molecule has 3 fully saturated rings. The number of carbonyl (C=O) groups excluding carboxylic acids is 2. The van der Waals surface area contributed by atoms with Gasteiger partial charge in [0.05, 0.1) is 12.5 Å². The largest absolute Gasteiger partial charge is 0.494 e. The maximum Gasteiger partial charge on any atom is 0.338 e. The molecule has 7 heteroatoms. The second kappa shape index (κ2) is 11.7. The van der Waals surface area contributed by atoms with Gasteiger partial charge in [-0.3, -0.25) is 9.69 Å². The second-order valence-corrected chi connectivity index (χ2v) is 10.6. The van der Waals surface area contributed by atoms with Gasteiger partial charge in [-0.1, -0.05) is 31.4 Å². The number of hydrogen-bond donors (Lipinski definition) is 0. The Hall–Kier alpha value is -2.12. The van der Waals surface area contributed by atoms with Crippen LogP contribution < -0.4 is 4.74 Å². The number of cyclic esters (lactones) is 1. The maximum absolute atomic E-state index is 13.7. The van der Waals surface area contributed by atoms with Gasteiger partial charge in [0.2, 0.25) is 11.7 Å². The molecule has 0 unspecified atom stereocenters. The number of benzene rings is 1. The summed E-state index contributed by atoms with van der Waals surface area (Å²) < 4.78 is 16.9. The maximum atomic E-state index is 13.7. The van der Waals surface area contributed by atoms with Gasteiger partial charge in [-0.15, -0.1) is 0 Å². The Balaban J connectivity index is 1.37. The summed E-state index contributed by atoms with van der Waals surface area (Å²) >= 11 is 0. The fourth-order valence-electron chi connectivity index (χ4n) is 5.76. The molecule has 3 aliphatic rings. The minimum Gasteiger partial charge on any atom is -0.494 e. The van der Waals surface area contributed by atoms with Crippen molar-refractivity contribution in [2.75, 3.05) is 32.8 Å². The highest BCUT2D eigenvalue weighted by Gasteiger charge is 2.48. The minimum absolute atomic E-state index is 0.0274. The number of amides is 1. The van der Waals surface area contributed by atoms with Gasteiger partial charge in [-0.2, -0.15) is 0 Å². The van der Waals surface area contributed by atoms with Crippen molar-refractivity contribution in [3.63, 3.8) is 0 Å². The second-order valence-electron chi connectivity index (χ2n) is 10.6. The summed E-state index contributed by atoms with van der Waals surface area (Å²) in [5, 5.41) is 0. The van der Waals surface area contributed by atoms with E-state index in [1.807, 2.05) is 24.0 Å². The van der Waals surface area contributed by atoms with Crippen LogP contribution in [-0.2, 0) is 25.5 Å². The van der Waals surface area contributed by atoms with Crippen LogP contribution in [0, 0.1) is 5.92 Å². The van der Waals surface area contributed by atoms with Crippen molar-refractivity contribution in [2.45, 2.75) is 90.1 Å². The lowest BCUT2D eigenvalue weighted by Gasteiger charge is -2.41. The van der Waals surface area contributed by atoms with E-state index in [1.54, 1.807) is 13.8 Å². The van der Waals surface area contributed by atoms with Gasteiger partial charge in [-0.25, -0.2) is 4.79 Å². The fraction of sp³-hybridized carbons (Fsp3) is 0.714. The first-order chi connectivity index (χ1) is 16.9. The first-order valence-corrected chi connectivity index (χ1v) is 13.5. The lowest BCUT2D eigenvalue weighted by molar-refractivity contribution is -0.163. The third kappa shape index (κ3) is 6.76. The quantitative estimate of drug-likeness (QED) is 0.488. The summed E-state index contributed by atoms with van der Waals surface area (Å²) in [5.41, 5.74) is 1.19. The zero-order chi connectivity index (χ0) is 24.8. The standard InChI is InChI=1S/C28H42N2O5/c1-4-33-23-15-13-21(14-16-23)9-8-12-24(25-27(32)35-28(2,3)34-25)26(31)30-19-17-29(18-20-30)22-10-6-5-7-11-22/h13-16,22,24-25H,4-12,17-20H2,1-3H3/t24-,25+/m1/s1. The van der Waals surface area contributed by atoms with Gasteiger partial charge in [0, 0.05) is 46.1 Å². The van der Waals surface area contributed by atoms with Crippen molar-refractivity contribution in [1.82, 2.24) is 9.80 Å². The molecule has 35 heavy (non-hydrogen) atoms. The van der Waals surface area contributed by atoms with E-state index >= 15 is 0 Å². The van der Waals surface area contributed by atoms with E-state index in [2.05, 4.69) is 17.0 Å².